The van der Waals surface area contributed by atoms with E-state index in [9.17, 15) is 18.0 Å². The number of sulfone groups is 1. The zero-order valence-electron chi connectivity index (χ0n) is 21.0. The van der Waals surface area contributed by atoms with E-state index in [-0.39, 0.29) is 24.7 Å². The molecule has 1 rings (SSSR count). The van der Waals surface area contributed by atoms with Crippen LogP contribution in [0.5, 0.6) is 0 Å². The molecule has 34 heavy (non-hydrogen) atoms. The van der Waals surface area contributed by atoms with Crippen LogP contribution in [0.15, 0.2) is 28.7 Å². The number of ether oxygens (including phenoxy) is 2. The molecule has 1 aromatic rings. The number of hydrogen-bond donors (Lipinski definition) is 2. The van der Waals surface area contributed by atoms with Gasteiger partial charge in [-0.3, -0.25) is 10.2 Å². The molecule has 0 radical (unpaired) electrons. The first-order valence-electron chi connectivity index (χ1n) is 10.8. The first kappa shape index (κ1) is 30.3. The fourth-order valence-corrected chi connectivity index (χ4v) is 5.24. The van der Waals surface area contributed by atoms with E-state index in [0.717, 1.165) is 9.48 Å². The van der Waals surface area contributed by atoms with Gasteiger partial charge in [-0.05, 0) is 45.4 Å². The summed E-state index contributed by atoms with van der Waals surface area (Å²) in [7, 11) is -2.05. The summed E-state index contributed by atoms with van der Waals surface area (Å²) >= 11 is 3.41. The lowest BCUT2D eigenvalue weighted by Gasteiger charge is -2.33. The standard InChI is InChI=1S/C23H37BrN2O7S/c1-21(2,3)33-20(29)26(7)25-19(28)23(6,17-9-8-10-18(24)13-17)15-32-14-22(4,5)16-34(30,31)12-11-27/h8-10,13,27H,11-12,14-16H2,1-7H3,(H,25,28). The summed E-state index contributed by atoms with van der Waals surface area (Å²) in [6.45, 7) is 9.91. The van der Waals surface area contributed by atoms with Gasteiger partial charge in [0.05, 0.1) is 36.7 Å². The molecule has 0 bridgehead atoms. The predicted molar refractivity (Wildman–Crippen MR) is 134 cm³/mol. The SMILES string of the molecule is CN(NC(=O)C(C)(COCC(C)(C)CS(=O)(=O)CCO)c1cccc(Br)c1)C(=O)OC(C)(C)C. The molecule has 0 aliphatic heterocycles. The molecule has 11 heteroatoms. The smallest absolute Gasteiger partial charge is 0.428 e. The Morgan fingerprint density at radius 3 is 2.26 bits per heavy atom. The quantitative estimate of drug-likeness (QED) is 0.418. The number of aliphatic hydroxyl groups is 1. The van der Waals surface area contributed by atoms with E-state index in [0.29, 0.717) is 5.56 Å². The van der Waals surface area contributed by atoms with Crippen LogP contribution in [0.4, 0.5) is 4.79 Å². The number of nitrogens with one attached hydrogen (secondary N) is 1. The van der Waals surface area contributed by atoms with Crippen LogP contribution >= 0.6 is 15.9 Å². The number of amides is 2. The molecule has 9 nitrogen and oxygen atoms in total. The monoisotopic (exact) mass is 564 g/mol. The predicted octanol–water partition coefficient (Wildman–Crippen LogP) is 3.05. The number of carbonyl (C=O) groups excluding carboxylic acids is 2. The molecule has 0 saturated carbocycles. The second kappa shape index (κ2) is 11.8. The average molecular weight is 566 g/mol. The Hall–Kier alpha value is -1.69. The number of benzene rings is 1. The second-order valence-corrected chi connectivity index (χ2v) is 13.4. The number of rotatable bonds is 10. The van der Waals surface area contributed by atoms with Gasteiger partial charge in [0.15, 0.2) is 9.84 Å². The van der Waals surface area contributed by atoms with Crippen molar-refractivity contribution in [2.75, 3.05) is 38.4 Å². The minimum absolute atomic E-state index is 0.0659. The molecule has 1 atom stereocenters. The van der Waals surface area contributed by atoms with Crippen LogP contribution in [-0.2, 0) is 29.5 Å². The first-order chi connectivity index (χ1) is 15.4. The number of aliphatic hydroxyl groups excluding tert-OH is 1. The number of hydrazine groups is 1. The molecule has 0 saturated heterocycles. The Morgan fingerprint density at radius 2 is 1.74 bits per heavy atom. The van der Waals surface area contributed by atoms with Crippen LogP contribution < -0.4 is 5.43 Å². The summed E-state index contributed by atoms with van der Waals surface area (Å²) in [5.74, 6) is -0.975. The highest BCUT2D eigenvalue weighted by molar-refractivity contribution is 9.10. The lowest BCUT2D eigenvalue weighted by atomic mass is 9.82. The molecular formula is C23H37BrN2O7S. The number of halogens is 1. The minimum atomic E-state index is -3.44. The van der Waals surface area contributed by atoms with E-state index in [4.69, 9.17) is 14.6 Å². The van der Waals surface area contributed by atoms with Gasteiger partial charge in [-0.25, -0.2) is 18.2 Å². The van der Waals surface area contributed by atoms with Gasteiger partial charge in [0.25, 0.3) is 5.91 Å². The van der Waals surface area contributed by atoms with Gasteiger partial charge in [0.2, 0.25) is 0 Å². The van der Waals surface area contributed by atoms with Gasteiger partial charge < -0.3 is 14.6 Å². The Labute approximate surface area is 211 Å². The molecule has 0 fully saturated rings. The van der Waals surface area contributed by atoms with Crippen molar-refractivity contribution in [2.45, 2.75) is 52.6 Å². The summed E-state index contributed by atoms with van der Waals surface area (Å²) in [6.07, 6.45) is -0.714. The van der Waals surface area contributed by atoms with Crippen LogP contribution in [0, 0.1) is 5.41 Å². The van der Waals surface area contributed by atoms with Crippen molar-refractivity contribution in [1.82, 2.24) is 10.4 Å². The lowest BCUT2D eigenvalue weighted by Crippen LogP contribution is -2.53. The summed E-state index contributed by atoms with van der Waals surface area (Å²) < 4.78 is 36.2. The van der Waals surface area contributed by atoms with Crippen LogP contribution in [0.25, 0.3) is 0 Å². The summed E-state index contributed by atoms with van der Waals surface area (Å²) in [5, 5.41) is 9.95. The maximum atomic E-state index is 13.3. The van der Waals surface area contributed by atoms with E-state index in [1.54, 1.807) is 59.7 Å². The molecule has 0 aliphatic carbocycles. The summed E-state index contributed by atoms with van der Waals surface area (Å²) in [4.78, 5) is 25.7. The molecule has 194 valence electrons. The fourth-order valence-electron chi connectivity index (χ4n) is 3.14. The summed E-state index contributed by atoms with van der Waals surface area (Å²) in [5.41, 5.74) is 0.530. The third kappa shape index (κ3) is 9.89. The lowest BCUT2D eigenvalue weighted by molar-refractivity contribution is -0.133. The fraction of sp³-hybridized carbons (Fsp3) is 0.652. The van der Waals surface area contributed by atoms with E-state index in [2.05, 4.69) is 21.4 Å². The topological polar surface area (TPSA) is 122 Å². The molecule has 0 aliphatic rings. The molecular weight excluding hydrogens is 528 g/mol. The minimum Gasteiger partial charge on any atom is -0.442 e. The molecule has 1 aromatic carbocycles. The number of hydrogen-bond acceptors (Lipinski definition) is 7. The zero-order valence-corrected chi connectivity index (χ0v) is 23.4. The van der Waals surface area contributed by atoms with Crippen molar-refractivity contribution in [3.8, 4) is 0 Å². The van der Waals surface area contributed by atoms with E-state index in [1.165, 1.54) is 7.05 Å². The van der Waals surface area contributed by atoms with Crippen LogP contribution in [-0.4, -0.2) is 74.5 Å². The Morgan fingerprint density at radius 1 is 1.12 bits per heavy atom. The van der Waals surface area contributed by atoms with Crippen molar-refractivity contribution in [3.05, 3.63) is 34.3 Å². The maximum Gasteiger partial charge on any atom is 0.428 e. The first-order valence-corrected chi connectivity index (χ1v) is 13.5. The van der Waals surface area contributed by atoms with Crippen molar-refractivity contribution in [2.24, 2.45) is 5.41 Å². The summed E-state index contributed by atoms with van der Waals surface area (Å²) in [6, 6.07) is 7.17. The number of nitrogens with zero attached hydrogens (tertiary/aromatic N) is 1. The largest absolute Gasteiger partial charge is 0.442 e. The van der Waals surface area contributed by atoms with Crippen molar-refractivity contribution < 1.29 is 32.6 Å². The highest BCUT2D eigenvalue weighted by Gasteiger charge is 2.38. The normalized spacial score (nSPS) is 14.3. The van der Waals surface area contributed by atoms with Crippen LogP contribution in [0.3, 0.4) is 0 Å². The molecule has 2 amide bonds. The van der Waals surface area contributed by atoms with Crippen molar-refractivity contribution in [1.29, 1.82) is 0 Å². The third-order valence-electron chi connectivity index (χ3n) is 4.80. The molecule has 2 N–H and O–H groups in total. The molecule has 0 aromatic heterocycles. The highest BCUT2D eigenvalue weighted by atomic mass is 79.9. The van der Waals surface area contributed by atoms with Crippen LogP contribution in [0.2, 0.25) is 0 Å². The van der Waals surface area contributed by atoms with Gasteiger partial charge in [-0.1, -0.05) is 41.9 Å². The number of carbonyl (C=O) groups is 2. The average Bonchev–Trinajstić information content (AvgIpc) is 2.65. The van der Waals surface area contributed by atoms with E-state index in [1.807, 2.05) is 6.07 Å². The maximum absolute atomic E-state index is 13.3. The van der Waals surface area contributed by atoms with Gasteiger partial charge in [0, 0.05) is 16.9 Å². The Balaban J connectivity index is 3.05. The van der Waals surface area contributed by atoms with E-state index < -0.39 is 44.9 Å². The van der Waals surface area contributed by atoms with E-state index >= 15 is 0 Å². The zero-order chi connectivity index (χ0) is 26.4. The molecule has 1 unspecified atom stereocenters. The van der Waals surface area contributed by atoms with Crippen molar-refractivity contribution in [3.63, 3.8) is 0 Å². The van der Waals surface area contributed by atoms with Gasteiger partial charge >= 0.3 is 6.09 Å². The van der Waals surface area contributed by atoms with Gasteiger partial charge in [-0.15, -0.1) is 0 Å². The molecule has 0 spiro atoms. The van der Waals surface area contributed by atoms with Gasteiger partial charge in [-0.2, -0.15) is 0 Å². The third-order valence-corrected chi connectivity index (χ3v) is 7.32. The van der Waals surface area contributed by atoms with Crippen LogP contribution in [0.1, 0.15) is 47.1 Å². The Kier molecular flexibility index (Phi) is 10.6. The van der Waals surface area contributed by atoms with Crippen molar-refractivity contribution >= 4 is 37.8 Å². The Bertz CT molecular complexity index is 960. The molecule has 0 heterocycles. The van der Waals surface area contributed by atoms with Gasteiger partial charge in [0.1, 0.15) is 5.60 Å². The highest BCUT2D eigenvalue weighted by Crippen LogP contribution is 2.29. The second-order valence-electron chi connectivity index (χ2n) is 10.3.